The molecule has 0 bridgehead atoms. The van der Waals surface area contributed by atoms with Crippen LogP contribution in [0.1, 0.15) is 39.0 Å². The summed E-state index contributed by atoms with van der Waals surface area (Å²) >= 11 is 0. The molecule has 0 radical (unpaired) electrons. The minimum atomic E-state index is -0.613. The third-order valence-corrected chi connectivity index (χ3v) is 6.16. The van der Waals surface area contributed by atoms with E-state index in [-0.39, 0.29) is 13.2 Å². The standard InChI is InChI=1S/C26H29BN2O4/c1-25(2)26(3,4)33-27(32-25)21(16-22-15-14-20-12-8-9-13-23(20)29-22)17-28-24(30)31-18-19-10-6-5-7-11-19/h5-16H,17-18H2,1-4H3,(H,28,30). The molecule has 3 aromatic rings. The van der Waals surface area contributed by atoms with Gasteiger partial charge in [-0.2, -0.15) is 0 Å². The van der Waals surface area contributed by atoms with Crippen molar-refractivity contribution in [2.45, 2.75) is 45.5 Å². The highest BCUT2D eigenvalue weighted by atomic mass is 16.7. The average Bonchev–Trinajstić information content (AvgIpc) is 3.02. The van der Waals surface area contributed by atoms with Crippen molar-refractivity contribution >= 4 is 30.2 Å². The first kappa shape index (κ1) is 23.0. The number of rotatable bonds is 6. The Balaban J connectivity index is 1.52. The van der Waals surface area contributed by atoms with Crippen molar-refractivity contribution in [3.8, 4) is 0 Å². The van der Waals surface area contributed by atoms with Crippen molar-refractivity contribution in [2.75, 3.05) is 6.54 Å². The maximum absolute atomic E-state index is 12.4. The number of pyridine rings is 1. The summed E-state index contributed by atoms with van der Waals surface area (Å²) in [5, 5.41) is 3.89. The molecule has 1 amide bonds. The highest BCUT2D eigenvalue weighted by Crippen LogP contribution is 2.38. The van der Waals surface area contributed by atoms with Gasteiger partial charge in [0.2, 0.25) is 0 Å². The van der Waals surface area contributed by atoms with E-state index in [2.05, 4.69) is 5.32 Å². The monoisotopic (exact) mass is 444 g/mol. The summed E-state index contributed by atoms with van der Waals surface area (Å²) in [7, 11) is -0.613. The maximum Gasteiger partial charge on any atom is 0.492 e. The second kappa shape index (κ2) is 9.37. The zero-order valence-corrected chi connectivity index (χ0v) is 19.5. The fraction of sp³-hybridized carbons (Fsp3) is 0.308. The van der Waals surface area contributed by atoms with Crippen LogP contribution >= 0.6 is 0 Å². The molecule has 0 unspecified atom stereocenters. The van der Waals surface area contributed by atoms with E-state index < -0.39 is 24.4 Å². The van der Waals surface area contributed by atoms with E-state index in [1.165, 1.54) is 0 Å². The van der Waals surface area contributed by atoms with Crippen molar-refractivity contribution in [1.82, 2.24) is 10.3 Å². The molecule has 1 aliphatic rings. The lowest BCUT2D eigenvalue weighted by Crippen LogP contribution is -2.41. The number of ether oxygens (including phenoxy) is 1. The third-order valence-electron chi connectivity index (χ3n) is 6.16. The molecule has 1 aromatic heterocycles. The first-order valence-corrected chi connectivity index (χ1v) is 11.1. The number of hydrogen-bond acceptors (Lipinski definition) is 5. The number of nitrogens with one attached hydrogen (secondary N) is 1. The summed E-state index contributed by atoms with van der Waals surface area (Å²) in [5.74, 6) is 0. The number of carbonyl (C=O) groups is 1. The predicted molar refractivity (Wildman–Crippen MR) is 130 cm³/mol. The number of alkyl carbamates (subject to hydrolysis) is 1. The van der Waals surface area contributed by atoms with Crippen LogP contribution < -0.4 is 5.32 Å². The van der Waals surface area contributed by atoms with Gasteiger partial charge in [-0.05, 0) is 56.9 Å². The molecule has 1 N–H and O–H groups in total. The molecule has 2 aromatic carbocycles. The molecule has 1 aliphatic heterocycles. The molecule has 7 heteroatoms. The van der Waals surface area contributed by atoms with Crippen LogP contribution in [0.3, 0.4) is 0 Å². The quantitative estimate of drug-likeness (QED) is 0.531. The van der Waals surface area contributed by atoms with Crippen LogP contribution in [0, 0.1) is 0 Å². The summed E-state index contributed by atoms with van der Waals surface area (Å²) in [4.78, 5) is 17.1. The molecular weight excluding hydrogens is 415 g/mol. The zero-order valence-electron chi connectivity index (χ0n) is 19.5. The van der Waals surface area contributed by atoms with Crippen LogP contribution in [0.5, 0.6) is 0 Å². The summed E-state index contributed by atoms with van der Waals surface area (Å²) in [6, 6.07) is 21.5. The first-order chi connectivity index (χ1) is 15.7. The smallest absolute Gasteiger partial charge is 0.445 e. The minimum absolute atomic E-state index is 0.203. The van der Waals surface area contributed by atoms with Crippen LogP contribution in [0.2, 0.25) is 0 Å². The van der Waals surface area contributed by atoms with Gasteiger partial charge in [0.25, 0.3) is 0 Å². The Hall–Kier alpha value is -3.16. The third kappa shape index (κ3) is 5.43. The SMILES string of the molecule is CC1(C)OB(C(=Cc2ccc3ccccc3n2)CNC(=O)OCc2ccccc2)OC1(C)C. The molecule has 2 heterocycles. The van der Waals surface area contributed by atoms with E-state index in [0.29, 0.717) is 0 Å². The number of amides is 1. The van der Waals surface area contributed by atoms with E-state index in [1.807, 2.05) is 101 Å². The Morgan fingerprint density at radius 2 is 1.64 bits per heavy atom. The van der Waals surface area contributed by atoms with E-state index in [9.17, 15) is 4.79 Å². The normalized spacial score (nSPS) is 17.2. The van der Waals surface area contributed by atoms with E-state index in [1.54, 1.807) is 0 Å². The molecule has 0 aliphatic carbocycles. The van der Waals surface area contributed by atoms with Gasteiger partial charge >= 0.3 is 13.2 Å². The molecule has 33 heavy (non-hydrogen) atoms. The summed E-state index contributed by atoms with van der Waals surface area (Å²) in [5.41, 5.74) is 2.35. The van der Waals surface area contributed by atoms with Gasteiger partial charge in [-0.3, -0.25) is 0 Å². The summed E-state index contributed by atoms with van der Waals surface area (Å²) in [6.07, 6.45) is 1.40. The molecule has 4 rings (SSSR count). The fourth-order valence-corrected chi connectivity index (χ4v) is 3.50. The van der Waals surface area contributed by atoms with E-state index >= 15 is 0 Å². The zero-order chi connectivity index (χ0) is 23.5. The van der Waals surface area contributed by atoms with Gasteiger partial charge in [-0.1, -0.05) is 54.6 Å². The number of fused-ring (bicyclic) bond motifs is 1. The van der Waals surface area contributed by atoms with Crippen LogP contribution in [0.4, 0.5) is 4.79 Å². The van der Waals surface area contributed by atoms with Crippen LogP contribution in [-0.2, 0) is 20.7 Å². The number of aromatic nitrogens is 1. The highest BCUT2D eigenvalue weighted by Gasteiger charge is 2.52. The second-order valence-corrected chi connectivity index (χ2v) is 9.15. The molecule has 6 nitrogen and oxygen atoms in total. The number of benzene rings is 2. The largest absolute Gasteiger partial charge is 0.492 e. The van der Waals surface area contributed by atoms with Gasteiger partial charge in [-0.25, -0.2) is 9.78 Å². The van der Waals surface area contributed by atoms with Gasteiger partial charge in [0.05, 0.1) is 22.4 Å². The van der Waals surface area contributed by atoms with Gasteiger partial charge in [0, 0.05) is 11.9 Å². The maximum atomic E-state index is 12.4. The topological polar surface area (TPSA) is 69.7 Å². The Morgan fingerprint density at radius 1 is 0.970 bits per heavy atom. The molecule has 1 fully saturated rings. The molecule has 0 spiro atoms. The van der Waals surface area contributed by atoms with Crippen molar-refractivity contribution in [3.63, 3.8) is 0 Å². The fourth-order valence-electron chi connectivity index (χ4n) is 3.50. The summed E-state index contributed by atoms with van der Waals surface area (Å²) < 4.78 is 17.8. The van der Waals surface area contributed by atoms with E-state index in [4.69, 9.17) is 19.0 Å². The lowest BCUT2D eigenvalue weighted by molar-refractivity contribution is 0.00578. The highest BCUT2D eigenvalue weighted by molar-refractivity contribution is 6.56. The first-order valence-electron chi connectivity index (χ1n) is 11.1. The minimum Gasteiger partial charge on any atom is -0.445 e. The average molecular weight is 444 g/mol. The molecule has 0 atom stereocenters. The Morgan fingerprint density at radius 3 is 2.36 bits per heavy atom. The molecule has 1 saturated heterocycles. The molecule has 0 saturated carbocycles. The van der Waals surface area contributed by atoms with Gasteiger partial charge in [-0.15, -0.1) is 0 Å². The predicted octanol–water partition coefficient (Wildman–Crippen LogP) is 5.18. The second-order valence-electron chi connectivity index (χ2n) is 9.15. The van der Waals surface area contributed by atoms with Gasteiger partial charge in [0.1, 0.15) is 6.61 Å². The number of nitrogens with zero attached hydrogens (tertiary/aromatic N) is 1. The van der Waals surface area contributed by atoms with Crippen molar-refractivity contribution in [1.29, 1.82) is 0 Å². The van der Waals surface area contributed by atoms with Gasteiger partial charge in [0.15, 0.2) is 0 Å². The van der Waals surface area contributed by atoms with Gasteiger partial charge < -0.3 is 19.4 Å². The van der Waals surface area contributed by atoms with Crippen LogP contribution in [0.15, 0.2) is 72.2 Å². The Labute approximate surface area is 195 Å². The number of hydrogen-bond donors (Lipinski definition) is 1. The van der Waals surface area contributed by atoms with Crippen LogP contribution in [-0.4, -0.2) is 35.9 Å². The van der Waals surface area contributed by atoms with Crippen LogP contribution in [0.25, 0.3) is 17.0 Å². The number of para-hydroxylation sites is 1. The molecule has 170 valence electrons. The Kier molecular flexibility index (Phi) is 6.54. The number of carbonyl (C=O) groups excluding carboxylic acids is 1. The van der Waals surface area contributed by atoms with E-state index in [0.717, 1.165) is 27.6 Å². The lowest BCUT2D eigenvalue weighted by Gasteiger charge is -2.32. The van der Waals surface area contributed by atoms with Crippen molar-refractivity contribution in [3.05, 3.63) is 83.5 Å². The Bertz CT molecular complexity index is 1150. The lowest BCUT2D eigenvalue weighted by atomic mass is 9.77. The van der Waals surface area contributed by atoms with Crippen molar-refractivity contribution in [2.24, 2.45) is 0 Å². The summed E-state index contributed by atoms with van der Waals surface area (Å²) in [6.45, 7) is 8.41. The molecular formula is C26H29BN2O4. The van der Waals surface area contributed by atoms with Crippen molar-refractivity contribution < 1.29 is 18.8 Å².